The second kappa shape index (κ2) is 8.90. The van der Waals surface area contributed by atoms with Crippen LogP contribution in [0, 0.1) is 0 Å². The van der Waals surface area contributed by atoms with Crippen LogP contribution in [0.3, 0.4) is 0 Å². The van der Waals surface area contributed by atoms with Crippen molar-refractivity contribution in [3.63, 3.8) is 0 Å². The van der Waals surface area contributed by atoms with Gasteiger partial charge in [-0.3, -0.25) is 0 Å². The molecule has 0 fully saturated rings. The van der Waals surface area contributed by atoms with E-state index < -0.39 is 5.97 Å². The second-order valence-electron chi connectivity index (χ2n) is 6.89. The number of hydrogen-bond donors (Lipinski definition) is 0. The van der Waals surface area contributed by atoms with E-state index in [1.165, 1.54) is 0 Å². The van der Waals surface area contributed by atoms with Crippen molar-refractivity contribution in [2.75, 3.05) is 26.9 Å². The molecule has 7 nitrogen and oxygen atoms in total. The lowest BCUT2D eigenvalue weighted by molar-refractivity contribution is -0.146. The first-order valence-electron chi connectivity index (χ1n) is 9.78. The number of methoxy groups -OCH3 is 1. The van der Waals surface area contributed by atoms with Crippen LogP contribution in [0.25, 0.3) is 11.0 Å². The molecule has 3 aromatic rings. The van der Waals surface area contributed by atoms with Crippen LogP contribution < -0.4 is 19.8 Å². The molecule has 1 aromatic heterocycles. The van der Waals surface area contributed by atoms with Crippen LogP contribution >= 0.6 is 0 Å². The minimum atomic E-state index is -0.510. The van der Waals surface area contributed by atoms with Gasteiger partial charge in [-0.1, -0.05) is 0 Å². The Hall–Kier alpha value is -3.48. The lowest BCUT2D eigenvalue weighted by Crippen LogP contribution is -2.18. The monoisotopic (exact) mass is 410 g/mol. The molecule has 156 valence electrons. The first-order valence-corrected chi connectivity index (χ1v) is 9.78. The van der Waals surface area contributed by atoms with Crippen LogP contribution in [0.15, 0.2) is 51.7 Å². The summed E-state index contributed by atoms with van der Waals surface area (Å²) < 4.78 is 26.6. The summed E-state index contributed by atoms with van der Waals surface area (Å²) in [7, 11) is 1.59. The zero-order chi connectivity index (χ0) is 20.9. The summed E-state index contributed by atoms with van der Waals surface area (Å²) in [5.74, 6) is 1.33. The molecule has 1 aliphatic rings. The van der Waals surface area contributed by atoms with Crippen molar-refractivity contribution in [1.82, 2.24) is 0 Å². The fourth-order valence-electron chi connectivity index (χ4n) is 3.52. The number of hydrogen-bond acceptors (Lipinski definition) is 7. The molecule has 7 heteroatoms. The number of fused-ring (bicyclic) bond motifs is 3. The normalized spacial score (nSPS) is 12.4. The van der Waals surface area contributed by atoms with Crippen molar-refractivity contribution >= 4 is 16.9 Å². The first-order chi connectivity index (χ1) is 14.6. The van der Waals surface area contributed by atoms with Crippen molar-refractivity contribution in [3.8, 4) is 17.2 Å². The molecular weight excluding hydrogens is 388 g/mol. The third kappa shape index (κ3) is 4.40. The molecule has 0 amide bonds. The maximum Gasteiger partial charge on any atom is 0.344 e. The summed E-state index contributed by atoms with van der Waals surface area (Å²) in [6.07, 6.45) is 2.61. The third-order valence-electron chi connectivity index (χ3n) is 4.98. The number of benzene rings is 2. The Balaban J connectivity index is 1.26. The van der Waals surface area contributed by atoms with Gasteiger partial charge in [0.15, 0.2) is 6.61 Å². The largest absolute Gasteiger partial charge is 0.497 e. The predicted molar refractivity (Wildman–Crippen MR) is 109 cm³/mol. The fraction of sp³-hybridized carbons (Fsp3) is 0.304. The van der Waals surface area contributed by atoms with E-state index in [0.29, 0.717) is 17.1 Å². The topological polar surface area (TPSA) is 84.2 Å². The number of carbonyl (C=O) groups excluding carboxylic acids is 1. The molecule has 0 atom stereocenters. The van der Waals surface area contributed by atoms with Crippen molar-refractivity contribution in [1.29, 1.82) is 0 Å². The van der Waals surface area contributed by atoms with Crippen molar-refractivity contribution in [2.24, 2.45) is 0 Å². The molecule has 0 spiro atoms. The van der Waals surface area contributed by atoms with Crippen LogP contribution in [0.1, 0.15) is 17.5 Å². The molecule has 0 bridgehead atoms. The van der Waals surface area contributed by atoms with Gasteiger partial charge in [-0.25, -0.2) is 9.59 Å². The van der Waals surface area contributed by atoms with Crippen molar-refractivity contribution in [2.45, 2.75) is 19.3 Å². The lowest BCUT2D eigenvalue weighted by Gasteiger charge is -2.10. The highest BCUT2D eigenvalue weighted by atomic mass is 16.6. The van der Waals surface area contributed by atoms with Gasteiger partial charge in [0.2, 0.25) is 0 Å². The average molecular weight is 410 g/mol. The fourth-order valence-corrected chi connectivity index (χ4v) is 3.52. The van der Waals surface area contributed by atoms with Gasteiger partial charge in [0.1, 0.15) is 36.0 Å². The van der Waals surface area contributed by atoms with Gasteiger partial charge in [0.25, 0.3) is 0 Å². The van der Waals surface area contributed by atoms with Gasteiger partial charge in [-0.15, -0.1) is 0 Å². The summed E-state index contributed by atoms with van der Waals surface area (Å²) in [6.45, 7) is 0.0838. The number of rotatable bonds is 8. The van der Waals surface area contributed by atoms with E-state index in [1.54, 1.807) is 43.5 Å². The Morgan fingerprint density at radius 1 is 0.933 bits per heavy atom. The van der Waals surface area contributed by atoms with Gasteiger partial charge >= 0.3 is 11.6 Å². The molecule has 30 heavy (non-hydrogen) atoms. The summed E-state index contributed by atoms with van der Waals surface area (Å²) in [5, 5.41) is 0.924. The number of aryl methyl sites for hydroxylation is 1. The van der Waals surface area contributed by atoms with Crippen LogP contribution in [0.5, 0.6) is 17.2 Å². The highest BCUT2D eigenvalue weighted by Crippen LogP contribution is 2.29. The molecule has 0 radical (unpaired) electrons. The molecule has 0 saturated heterocycles. The molecule has 0 N–H and O–H groups in total. The number of carbonyl (C=O) groups is 1. The van der Waals surface area contributed by atoms with Crippen LogP contribution in [0.4, 0.5) is 0 Å². The molecule has 0 saturated carbocycles. The third-order valence-corrected chi connectivity index (χ3v) is 4.98. The van der Waals surface area contributed by atoms with E-state index in [0.717, 1.165) is 41.5 Å². The molecule has 0 unspecified atom stereocenters. The van der Waals surface area contributed by atoms with Crippen LogP contribution in [-0.2, 0) is 22.4 Å². The maximum atomic E-state index is 12.1. The Labute approximate surface area is 173 Å². The van der Waals surface area contributed by atoms with Crippen LogP contribution in [-0.4, -0.2) is 32.9 Å². The van der Waals surface area contributed by atoms with E-state index in [9.17, 15) is 9.59 Å². The quantitative estimate of drug-likeness (QED) is 0.320. The van der Waals surface area contributed by atoms with Gasteiger partial charge in [0.05, 0.1) is 7.11 Å². The average Bonchev–Trinajstić information content (AvgIpc) is 3.26. The van der Waals surface area contributed by atoms with Gasteiger partial charge in [0, 0.05) is 17.0 Å². The Bertz CT molecular complexity index is 1100. The Morgan fingerprint density at radius 2 is 1.67 bits per heavy atom. The zero-order valence-electron chi connectivity index (χ0n) is 16.6. The molecular formula is C23H22O7. The van der Waals surface area contributed by atoms with E-state index in [1.807, 2.05) is 6.07 Å². The maximum absolute atomic E-state index is 12.1. The molecule has 1 aliphatic carbocycles. The minimum absolute atomic E-state index is 0.104. The predicted octanol–water partition coefficient (Wildman–Crippen LogP) is 3.29. The van der Waals surface area contributed by atoms with E-state index in [4.69, 9.17) is 23.4 Å². The molecule has 2 aromatic carbocycles. The van der Waals surface area contributed by atoms with E-state index in [2.05, 4.69) is 0 Å². The lowest BCUT2D eigenvalue weighted by atomic mass is 10.1. The summed E-state index contributed by atoms with van der Waals surface area (Å²) >= 11 is 0. The van der Waals surface area contributed by atoms with Crippen molar-refractivity contribution < 1.29 is 28.2 Å². The number of esters is 1. The first kappa shape index (κ1) is 19.8. The van der Waals surface area contributed by atoms with Crippen molar-refractivity contribution in [3.05, 3.63) is 64.0 Å². The minimum Gasteiger partial charge on any atom is -0.497 e. The molecule has 0 aliphatic heterocycles. The van der Waals surface area contributed by atoms with E-state index in [-0.39, 0.29) is 25.4 Å². The molecule has 1 heterocycles. The summed E-state index contributed by atoms with van der Waals surface area (Å²) in [4.78, 5) is 24.0. The zero-order valence-corrected chi connectivity index (χ0v) is 16.6. The highest BCUT2D eigenvalue weighted by Gasteiger charge is 2.19. The highest BCUT2D eigenvalue weighted by molar-refractivity contribution is 5.83. The van der Waals surface area contributed by atoms with Gasteiger partial charge in [-0.2, -0.15) is 0 Å². The SMILES string of the molecule is COc1ccc(OCCOC(=O)COc2ccc3c4c(c(=O)oc3c2)CCC4)cc1. The molecule has 4 rings (SSSR count). The standard InChI is InChI=1S/C23H22O7/c1-26-15-5-7-16(8-6-15)27-11-12-28-22(24)14-29-17-9-10-19-18-3-2-4-20(18)23(25)30-21(19)13-17/h5-10,13H,2-4,11-12,14H2,1H3. The van der Waals surface area contributed by atoms with Crippen LogP contribution in [0.2, 0.25) is 0 Å². The smallest absolute Gasteiger partial charge is 0.344 e. The Kier molecular flexibility index (Phi) is 5.88. The van der Waals surface area contributed by atoms with E-state index >= 15 is 0 Å². The number of ether oxygens (including phenoxy) is 4. The summed E-state index contributed by atoms with van der Waals surface area (Å²) in [6, 6.07) is 12.4. The Morgan fingerprint density at radius 3 is 2.47 bits per heavy atom. The second-order valence-corrected chi connectivity index (χ2v) is 6.89. The summed E-state index contributed by atoms with van der Waals surface area (Å²) in [5.41, 5.74) is 2.02. The van der Waals surface area contributed by atoms with Gasteiger partial charge < -0.3 is 23.4 Å². The van der Waals surface area contributed by atoms with Gasteiger partial charge in [-0.05, 0) is 61.2 Å².